The van der Waals surface area contributed by atoms with Crippen LogP contribution in [0.15, 0.2) is 40.2 Å². The Morgan fingerprint density at radius 1 is 1.17 bits per heavy atom. The highest BCUT2D eigenvalue weighted by molar-refractivity contribution is 7.89. The maximum absolute atomic E-state index is 12.2. The van der Waals surface area contributed by atoms with Gasteiger partial charge in [-0.25, -0.2) is 12.7 Å². The lowest BCUT2D eigenvalue weighted by Gasteiger charge is -2.18. The van der Waals surface area contributed by atoms with Gasteiger partial charge in [-0.2, -0.15) is 0 Å². The van der Waals surface area contributed by atoms with Gasteiger partial charge in [0.05, 0.1) is 15.9 Å². The number of hydrogen-bond donors (Lipinski definition) is 0. The molecular weight excluding hydrogens is 358 g/mol. The number of rotatable bonds is 6. The van der Waals surface area contributed by atoms with Crippen molar-refractivity contribution >= 4 is 33.0 Å². The molecule has 126 valence electrons. The van der Waals surface area contributed by atoms with Gasteiger partial charge in [-0.15, -0.1) is 11.3 Å². The molecule has 0 saturated heterocycles. The van der Waals surface area contributed by atoms with Crippen LogP contribution in [0.25, 0.3) is 0 Å². The van der Waals surface area contributed by atoms with Crippen molar-refractivity contribution < 1.29 is 8.42 Å². The average molecular weight is 376 g/mol. The van der Waals surface area contributed by atoms with E-state index in [1.807, 2.05) is 24.1 Å². The Hall–Kier alpha value is -1.19. The summed E-state index contributed by atoms with van der Waals surface area (Å²) in [6.45, 7) is 0.902. The minimum Gasteiger partial charge on any atom is -0.301 e. The van der Waals surface area contributed by atoms with Gasteiger partial charge in [0.25, 0.3) is 5.56 Å². The van der Waals surface area contributed by atoms with E-state index >= 15 is 0 Å². The minimum absolute atomic E-state index is 0.0923. The molecule has 2 heterocycles. The number of sulfonamides is 1. The molecule has 0 atom stereocenters. The second-order valence-corrected chi connectivity index (χ2v) is 9.27. The number of hydrogen-bond acceptors (Lipinski definition) is 5. The van der Waals surface area contributed by atoms with Gasteiger partial charge in [-0.05, 0) is 25.2 Å². The third-order valence-corrected chi connectivity index (χ3v) is 6.20. The van der Waals surface area contributed by atoms with E-state index in [1.54, 1.807) is 0 Å². The summed E-state index contributed by atoms with van der Waals surface area (Å²) in [5, 5.41) is 0. The molecule has 0 saturated carbocycles. The second-order valence-electron chi connectivity index (χ2n) is 5.32. The van der Waals surface area contributed by atoms with Crippen molar-refractivity contribution in [3.63, 3.8) is 0 Å². The van der Waals surface area contributed by atoms with E-state index in [9.17, 15) is 13.2 Å². The molecule has 0 radical (unpaired) electrons. The van der Waals surface area contributed by atoms with Crippen LogP contribution in [0.3, 0.4) is 0 Å². The van der Waals surface area contributed by atoms with Crippen LogP contribution in [0, 0.1) is 0 Å². The van der Waals surface area contributed by atoms with Crippen LogP contribution in [0.4, 0.5) is 0 Å². The van der Waals surface area contributed by atoms with Gasteiger partial charge < -0.3 is 4.57 Å². The molecule has 0 N–H and O–H groups in total. The Balaban J connectivity index is 2.21. The van der Waals surface area contributed by atoms with Crippen molar-refractivity contribution in [1.82, 2.24) is 13.8 Å². The Morgan fingerprint density at radius 2 is 1.87 bits per heavy atom. The molecule has 0 fully saturated rings. The van der Waals surface area contributed by atoms with E-state index in [2.05, 4.69) is 0 Å². The van der Waals surface area contributed by atoms with E-state index in [1.165, 1.54) is 48.3 Å². The summed E-state index contributed by atoms with van der Waals surface area (Å²) in [4.78, 5) is 15.0. The smallest absolute Gasteiger partial charge is 0.251 e. The van der Waals surface area contributed by atoms with Crippen molar-refractivity contribution in [3.8, 4) is 0 Å². The molecule has 9 heteroatoms. The van der Waals surface area contributed by atoms with Gasteiger partial charge in [0.15, 0.2) is 0 Å². The highest BCUT2D eigenvalue weighted by Gasteiger charge is 2.18. The number of pyridine rings is 1. The summed E-state index contributed by atoms with van der Waals surface area (Å²) in [6.07, 6.45) is 1.37. The lowest BCUT2D eigenvalue weighted by Crippen LogP contribution is -2.30. The minimum atomic E-state index is -3.57. The SMILES string of the molecule is CN(Cc1ccc(Cl)s1)Cn1cc(S(=O)(=O)N(C)C)ccc1=O. The molecule has 2 aromatic rings. The highest BCUT2D eigenvalue weighted by Crippen LogP contribution is 2.22. The molecule has 2 rings (SSSR count). The molecule has 0 amide bonds. The van der Waals surface area contributed by atoms with Crippen LogP contribution in [0.2, 0.25) is 4.34 Å². The first-order valence-electron chi connectivity index (χ1n) is 6.76. The Morgan fingerprint density at radius 3 is 2.43 bits per heavy atom. The van der Waals surface area contributed by atoms with Crippen molar-refractivity contribution in [3.05, 3.63) is 50.0 Å². The predicted molar refractivity (Wildman–Crippen MR) is 92.4 cm³/mol. The van der Waals surface area contributed by atoms with Gasteiger partial charge in [0.1, 0.15) is 0 Å². The number of aromatic nitrogens is 1. The summed E-state index contributed by atoms with van der Waals surface area (Å²) < 4.78 is 27.5. The largest absolute Gasteiger partial charge is 0.301 e. The monoisotopic (exact) mass is 375 g/mol. The molecule has 6 nitrogen and oxygen atoms in total. The fourth-order valence-electron chi connectivity index (χ4n) is 2.00. The van der Waals surface area contributed by atoms with Crippen molar-refractivity contribution in [2.24, 2.45) is 0 Å². The van der Waals surface area contributed by atoms with Gasteiger partial charge in [0.2, 0.25) is 10.0 Å². The molecular formula is C14H18ClN3O3S2. The van der Waals surface area contributed by atoms with Crippen LogP contribution in [-0.4, -0.2) is 43.3 Å². The number of halogens is 1. The molecule has 0 aliphatic carbocycles. The van der Waals surface area contributed by atoms with Gasteiger partial charge in [-0.1, -0.05) is 11.6 Å². The second kappa shape index (κ2) is 7.14. The fourth-order valence-corrected chi connectivity index (χ4v) is 4.09. The summed E-state index contributed by atoms with van der Waals surface area (Å²) in [7, 11) is 1.20. The quantitative estimate of drug-likeness (QED) is 0.773. The topological polar surface area (TPSA) is 62.6 Å². The predicted octanol–water partition coefficient (Wildman–Crippen LogP) is 1.90. The summed E-state index contributed by atoms with van der Waals surface area (Å²) in [6, 6.07) is 6.35. The summed E-state index contributed by atoms with van der Waals surface area (Å²) in [5.41, 5.74) is -0.251. The maximum atomic E-state index is 12.2. The van der Waals surface area contributed by atoms with Crippen LogP contribution in [0.5, 0.6) is 0 Å². The third-order valence-electron chi connectivity index (χ3n) is 3.18. The number of nitrogens with zero attached hydrogens (tertiary/aromatic N) is 3. The van der Waals surface area contributed by atoms with Crippen molar-refractivity contribution in [2.75, 3.05) is 21.1 Å². The standard InChI is InChI=1S/C14H18ClN3O3S2/c1-16(2)23(20,21)12-5-7-14(19)18(9-12)10-17(3)8-11-4-6-13(15)22-11/h4-7,9H,8,10H2,1-3H3. The molecule has 0 aliphatic rings. The highest BCUT2D eigenvalue weighted by atomic mass is 35.5. The lowest BCUT2D eigenvalue weighted by atomic mass is 10.4. The van der Waals surface area contributed by atoms with E-state index in [0.29, 0.717) is 10.9 Å². The van der Waals surface area contributed by atoms with E-state index in [4.69, 9.17) is 11.6 Å². The zero-order valence-electron chi connectivity index (χ0n) is 13.1. The Labute approximate surface area is 144 Å². The molecule has 0 spiro atoms. The summed E-state index contributed by atoms with van der Waals surface area (Å²) in [5.74, 6) is 0. The third kappa shape index (κ3) is 4.42. The van der Waals surface area contributed by atoms with Crippen molar-refractivity contribution in [2.45, 2.75) is 18.1 Å². The lowest BCUT2D eigenvalue weighted by molar-refractivity contribution is 0.257. The molecule has 2 aromatic heterocycles. The van der Waals surface area contributed by atoms with Crippen LogP contribution >= 0.6 is 22.9 Å². The maximum Gasteiger partial charge on any atom is 0.251 e. The van der Waals surface area contributed by atoms with E-state index < -0.39 is 10.0 Å². The van der Waals surface area contributed by atoms with Gasteiger partial charge in [0, 0.05) is 37.8 Å². The van der Waals surface area contributed by atoms with Crippen molar-refractivity contribution in [1.29, 1.82) is 0 Å². The van der Waals surface area contributed by atoms with E-state index in [-0.39, 0.29) is 17.1 Å². The Bertz CT molecular complexity index is 843. The molecule has 0 bridgehead atoms. The zero-order chi connectivity index (χ0) is 17.2. The fraction of sp³-hybridized carbons (Fsp3) is 0.357. The first kappa shape index (κ1) is 18.2. The van der Waals surface area contributed by atoms with Crippen LogP contribution < -0.4 is 5.56 Å². The first-order valence-corrected chi connectivity index (χ1v) is 9.39. The van der Waals surface area contributed by atoms with Crippen LogP contribution in [-0.2, 0) is 23.2 Å². The Kier molecular flexibility index (Phi) is 5.64. The molecule has 0 aliphatic heterocycles. The van der Waals surface area contributed by atoms with E-state index in [0.717, 1.165) is 9.18 Å². The zero-order valence-corrected chi connectivity index (χ0v) is 15.5. The van der Waals surface area contributed by atoms with Gasteiger partial charge >= 0.3 is 0 Å². The molecule has 0 aromatic carbocycles. The molecule has 0 unspecified atom stereocenters. The van der Waals surface area contributed by atoms with Gasteiger partial charge in [-0.3, -0.25) is 9.69 Å². The summed E-state index contributed by atoms with van der Waals surface area (Å²) >= 11 is 7.38. The first-order chi connectivity index (χ1) is 10.7. The number of thiophene rings is 1. The average Bonchev–Trinajstić information content (AvgIpc) is 2.86. The normalized spacial score (nSPS) is 12.3. The molecule has 23 heavy (non-hydrogen) atoms. The van der Waals surface area contributed by atoms with Crippen LogP contribution in [0.1, 0.15) is 4.88 Å².